The number of fused-ring (bicyclic) bond motifs is 1. The van der Waals surface area contributed by atoms with E-state index in [0.717, 1.165) is 24.6 Å². The van der Waals surface area contributed by atoms with Crippen LogP contribution < -0.4 is 11.0 Å². The Morgan fingerprint density at radius 1 is 1.23 bits per heavy atom. The van der Waals surface area contributed by atoms with E-state index in [1.54, 1.807) is 18.2 Å². The Labute approximate surface area is 127 Å². The number of hydrogen-bond acceptors (Lipinski definition) is 3. The second-order valence-corrected chi connectivity index (χ2v) is 6.58. The summed E-state index contributed by atoms with van der Waals surface area (Å²) in [6, 6.07) is 6.18. The normalized spacial score (nSPS) is 25.7. The average molecular weight is 300 g/mol. The molecule has 0 radical (unpaired) electrons. The van der Waals surface area contributed by atoms with Gasteiger partial charge in [-0.05, 0) is 37.0 Å². The van der Waals surface area contributed by atoms with Gasteiger partial charge in [0.05, 0.1) is 11.0 Å². The summed E-state index contributed by atoms with van der Waals surface area (Å²) in [5.41, 5.74) is 1.71. The van der Waals surface area contributed by atoms with Crippen molar-refractivity contribution in [3.8, 4) is 0 Å². The van der Waals surface area contributed by atoms with Gasteiger partial charge in [-0.25, -0.2) is 4.79 Å². The molecule has 22 heavy (non-hydrogen) atoms. The van der Waals surface area contributed by atoms with Crippen LogP contribution in [0.1, 0.15) is 30.1 Å². The molecule has 116 valence electrons. The zero-order valence-corrected chi connectivity index (χ0v) is 12.6. The minimum Gasteiger partial charge on any atom is -0.348 e. The van der Waals surface area contributed by atoms with E-state index in [0.29, 0.717) is 17.0 Å². The molecule has 1 saturated carbocycles. The molecular weight excluding hydrogens is 280 g/mol. The van der Waals surface area contributed by atoms with Crippen LogP contribution in [0, 0.1) is 5.92 Å². The number of H-pyrrole nitrogens is 2. The molecule has 0 bridgehead atoms. The Balaban J connectivity index is 1.49. The number of nitrogens with one attached hydrogen (secondary N) is 3. The Bertz CT molecular complexity index is 774. The van der Waals surface area contributed by atoms with Gasteiger partial charge in [-0.2, -0.15) is 0 Å². The number of aromatic nitrogens is 2. The molecule has 2 aliphatic rings. The van der Waals surface area contributed by atoms with Gasteiger partial charge in [0.1, 0.15) is 0 Å². The maximum absolute atomic E-state index is 12.5. The quantitative estimate of drug-likeness (QED) is 0.793. The molecule has 1 aromatic heterocycles. The van der Waals surface area contributed by atoms with Gasteiger partial charge < -0.3 is 15.3 Å². The smallest absolute Gasteiger partial charge is 0.323 e. The van der Waals surface area contributed by atoms with Crippen LogP contribution in [0.3, 0.4) is 0 Å². The molecule has 2 aromatic rings. The highest BCUT2D eigenvalue weighted by Crippen LogP contribution is 2.31. The Kier molecular flexibility index (Phi) is 3.07. The van der Waals surface area contributed by atoms with Crippen molar-refractivity contribution < 1.29 is 4.79 Å². The molecule has 2 heterocycles. The molecule has 2 fully saturated rings. The molecule has 1 aromatic carbocycles. The minimum atomic E-state index is -0.253. The zero-order valence-electron chi connectivity index (χ0n) is 12.6. The van der Waals surface area contributed by atoms with Gasteiger partial charge in [0.2, 0.25) is 0 Å². The lowest BCUT2D eigenvalue weighted by Crippen LogP contribution is -2.40. The number of carbonyl (C=O) groups excluding carboxylic acids is 1. The lowest BCUT2D eigenvalue weighted by Gasteiger charge is -2.17. The van der Waals surface area contributed by atoms with Crippen molar-refractivity contribution in [3.63, 3.8) is 0 Å². The Morgan fingerprint density at radius 3 is 2.77 bits per heavy atom. The summed E-state index contributed by atoms with van der Waals surface area (Å²) in [5, 5.41) is 3.15. The Hall–Kier alpha value is -2.08. The van der Waals surface area contributed by atoms with Crippen molar-refractivity contribution in [2.24, 2.45) is 5.92 Å². The van der Waals surface area contributed by atoms with E-state index in [-0.39, 0.29) is 17.6 Å². The van der Waals surface area contributed by atoms with E-state index in [9.17, 15) is 9.59 Å². The van der Waals surface area contributed by atoms with Crippen LogP contribution in [-0.4, -0.2) is 45.9 Å². The summed E-state index contributed by atoms with van der Waals surface area (Å²) in [4.78, 5) is 31.6. The van der Waals surface area contributed by atoms with Crippen molar-refractivity contribution in [2.45, 2.75) is 31.8 Å². The third kappa shape index (κ3) is 2.43. The van der Waals surface area contributed by atoms with Crippen molar-refractivity contribution in [2.75, 3.05) is 13.1 Å². The van der Waals surface area contributed by atoms with E-state index in [1.165, 1.54) is 12.8 Å². The highest BCUT2D eigenvalue weighted by molar-refractivity contribution is 5.97. The fraction of sp³-hybridized carbons (Fsp3) is 0.500. The van der Waals surface area contributed by atoms with Gasteiger partial charge >= 0.3 is 5.69 Å². The van der Waals surface area contributed by atoms with Crippen molar-refractivity contribution in [1.82, 2.24) is 20.2 Å². The van der Waals surface area contributed by atoms with Gasteiger partial charge in [-0.1, -0.05) is 6.92 Å². The summed E-state index contributed by atoms with van der Waals surface area (Å²) in [7, 11) is 0. The fourth-order valence-corrected chi connectivity index (χ4v) is 3.36. The highest BCUT2D eigenvalue weighted by Gasteiger charge is 2.38. The maximum atomic E-state index is 12.5. The molecule has 6 heteroatoms. The predicted octanol–water partition coefficient (Wildman–Crippen LogP) is 1.07. The van der Waals surface area contributed by atoms with E-state index >= 15 is 0 Å². The molecule has 0 spiro atoms. The molecule has 1 saturated heterocycles. The largest absolute Gasteiger partial charge is 0.348 e. The summed E-state index contributed by atoms with van der Waals surface area (Å²) >= 11 is 0. The summed E-state index contributed by atoms with van der Waals surface area (Å²) in [5.74, 6) is 0.402. The molecule has 1 amide bonds. The lowest BCUT2D eigenvalue weighted by molar-refractivity contribution is 0.0931. The van der Waals surface area contributed by atoms with Gasteiger partial charge in [-0.15, -0.1) is 0 Å². The van der Waals surface area contributed by atoms with E-state index < -0.39 is 0 Å². The summed E-state index contributed by atoms with van der Waals surface area (Å²) in [6.45, 7) is 4.21. The second kappa shape index (κ2) is 4.98. The number of hydrogen-bond donors (Lipinski definition) is 3. The minimum absolute atomic E-state index is 0.0709. The number of imidazole rings is 1. The lowest BCUT2D eigenvalue weighted by atomic mass is 10.1. The number of likely N-dealkylation sites (tertiary alicyclic amines) is 1. The standard InChI is InChI=1S/C16H20N4O2/c1-9-7-20(11-3-4-11)8-14(9)17-15(21)10-2-5-12-13(6-10)19-16(22)18-12/h2,5-6,9,11,14H,3-4,7-8H2,1H3,(H,17,21)(H2,18,19,22)/t9-,14+/m0/s1. The third-order valence-corrected chi connectivity index (χ3v) is 4.80. The van der Waals surface area contributed by atoms with Crippen LogP contribution in [-0.2, 0) is 0 Å². The van der Waals surface area contributed by atoms with Gasteiger partial charge in [0.25, 0.3) is 5.91 Å². The van der Waals surface area contributed by atoms with Gasteiger partial charge in [-0.3, -0.25) is 9.69 Å². The monoisotopic (exact) mass is 300 g/mol. The van der Waals surface area contributed by atoms with E-state index in [1.807, 2.05) is 0 Å². The molecule has 0 unspecified atom stereocenters. The average Bonchev–Trinajstić information content (AvgIpc) is 3.17. The zero-order chi connectivity index (χ0) is 15.3. The van der Waals surface area contributed by atoms with Crippen molar-refractivity contribution in [1.29, 1.82) is 0 Å². The van der Waals surface area contributed by atoms with Crippen molar-refractivity contribution in [3.05, 3.63) is 34.2 Å². The van der Waals surface area contributed by atoms with Crippen LogP contribution in [0.15, 0.2) is 23.0 Å². The molecule has 1 aliphatic carbocycles. The first-order chi connectivity index (χ1) is 10.6. The van der Waals surface area contributed by atoms with Crippen molar-refractivity contribution >= 4 is 16.9 Å². The van der Waals surface area contributed by atoms with Crippen LogP contribution in [0.2, 0.25) is 0 Å². The topological polar surface area (TPSA) is 81.0 Å². The van der Waals surface area contributed by atoms with Crippen LogP contribution in [0.4, 0.5) is 0 Å². The number of aromatic amines is 2. The maximum Gasteiger partial charge on any atom is 0.323 e. The van der Waals surface area contributed by atoms with E-state index in [2.05, 4.69) is 27.1 Å². The van der Waals surface area contributed by atoms with Gasteiger partial charge in [0.15, 0.2) is 0 Å². The number of amides is 1. The number of rotatable bonds is 3. The first-order valence-electron chi connectivity index (χ1n) is 7.87. The molecule has 3 N–H and O–H groups in total. The number of benzene rings is 1. The van der Waals surface area contributed by atoms with Crippen LogP contribution in [0.25, 0.3) is 11.0 Å². The summed E-state index contributed by atoms with van der Waals surface area (Å²) < 4.78 is 0. The van der Waals surface area contributed by atoms with Gasteiger partial charge in [0, 0.05) is 30.7 Å². The SMILES string of the molecule is C[C@H]1CN(C2CC2)C[C@H]1NC(=O)c1ccc2[nH]c(=O)[nH]c2c1. The first-order valence-corrected chi connectivity index (χ1v) is 7.87. The molecule has 2 atom stereocenters. The molecular formula is C16H20N4O2. The molecule has 4 rings (SSSR count). The van der Waals surface area contributed by atoms with E-state index in [4.69, 9.17) is 0 Å². The molecule has 1 aliphatic heterocycles. The third-order valence-electron chi connectivity index (χ3n) is 4.80. The fourth-order valence-electron chi connectivity index (χ4n) is 3.36. The summed E-state index contributed by atoms with van der Waals surface area (Å²) in [6.07, 6.45) is 2.59. The van der Waals surface area contributed by atoms with Crippen LogP contribution >= 0.6 is 0 Å². The first kappa shape index (κ1) is 13.6. The second-order valence-electron chi connectivity index (χ2n) is 6.58. The predicted molar refractivity (Wildman–Crippen MR) is 83.9 cm³/mol. The number of nitrogens with zero attached hydrogens (tertiary/aromatic N) is 1. The number of carbonyl (C=O) groups is 1. The highest BCUT2D eigenvalue weighted by atomic mass is 16.2. The molecule has 6 nitrogen and oxygen atoms in total. The van der Waals surface area contributed by atoms with Crippen LogP contribution in [0.5, 0.6) is 0 Å². The Morgan fingerprint density at radius 2 is 2.00 bits per heavy atom.